The van der Waals surface area contributed by atoms with E-state index in [0.29, 0.717) is 32.6 Å². The normalized spacial score (nSPS) is 22.3. The van der Waals surface area contributed by atoms with Gasteiger partial charge in [-0.2, -0.15) is 0 Å². The first-order valence-electron chi connectivity index (χ1n) is 9.53. The third-order valence-corrected chi connectivity index (χ3v) is 7.29. The second-order valence-electron chi connectivity index (χ2n) is 7.19. The Morgan fingerprint density at radius 1 is 1.19 bits per heavy atom. The smallest absolute Gasteiger partial charge is 0.236 e. The van der Waals surface area contributed by atoms with Crippen LogP contribution in [0.1, 0.15) is 13.3 Å². The quantitative estimate of drug-likeness (QED) is 0.711. The number of hydrogen-bond donors (Lipinski definition) is 0. The fourth-order valence-electron chi connectivity index (χ4n) is 3.84. The number of likely N-dealkylation sites (N-methyl/N-ethyl adjacent to an activating group) is 1. The minimum Gasteiger partial charge on any atom is -0.497 e. The van der Waals surface area contributed by atoms with E-state index in [1.807, 2.05) is 41.0 Å². The van der Waals surface area contributed by atoms with Crippen molar-refractivity contribution >= 4 is 21.4 Å². The monoisotopic (exact) mass is 395 g/mol. The Bertz CT molecular complexity index is 743. The number of ether oxygens (including phenoxy) is 1. The predicted octanol–water partition coefficient (Wildman–Crippen LogP) is 0.853. The van der Waals surface area contributed by atoms with Gasteiger partial charge in [-0.1, -0.05) is 6.92 Å². The third-order valence-electron chi connectivity index (χ3n) is 5.54. The number of benzene rings is 1. The summed E-state index contributed by atoms with van der Waals surface area (Å²) in [5.74, 6) is 1.35. The molecule has 3 rings (SSSR count). The van der Waals surface area contributed by atoms with Crippen molar-refractivity contribution in [1.29, 1.82) is 0 Å². The van der Waals surface area contributed by atoms with E-state index in [9.17, 15) is 13.2 Å². The van der Waals surface area contributed by atoms with Gasteiger partial charge in [-0.15, -0.1) is 0 Å². The highest BCUT2D eigenvalue weighted by Gasteiger charge is 2.33. The van der Waals surface area contributed by atoms with Crippen molar-refractivity contribution < 1.29 is 17.9 Å². The molecule has 1 atom stereocenters. The van der Waals surface area contributed by atoms with Gasteiger partial charge in [-0.3, -0.25) is 9.69 Å². The van der Waals surface area contributed by atoms with Crippen LogP contribution in [0.4, 0.5) is 5.69 Å². The van der Waals surface area contributed by atoms with Crippen molar-refractivity contribution in [3.8, 4) is 5.75 Å². The van der Waals surface area contributed by atoms with Crippen LogP contribution in [0.5, 0.6) is 5.75 Å². The van der Waals surface area contributed by atoms with Crippen LogP contribution in [0, 0.1) is 0 Å². The largest absolute Gasteiger partial charge is 0.497 e. The molecule has 0 saturated carbocycles. The Morgan fingerprint density at radius 3 is 2.37 bits per heavy atom. The Hall–Kier alpha value is -1.80. The van der Waals surface area contributed by atoms with Gasteiger partial charge in [-0.05, 0) is 37.2 Å². The molecule has 0 radical (unpaired) electrons. The minimum atomic E-state index is -2.94. The molecule has 2 saturated heterocycles. The summed E-state index contributed by atoms with van der Waals surface area (Å²) in [6, 6.07) is 7.94. The average Bonchev–Trinajstić information content (AvgIpc) is 3.05. The highest BCUT2D eigenvalue weighted by atomic mass is 32.2. The molecule has 1 aromatic carbocycles. The predicted molar refractivity (Wildman–Crippen MR) is 106 cm³/mol. The zero-order valence-electron chi connectivity index (χ0n) is 16.1. The van der Waals surface area contributed by atoms with Gasteiger partial charge in [0.05, 0.1) is 25.2 Å². The highest BCUT2D eigenvalue weighted by molar-refractivity contribution is 7.91. The second kappa shape index (κ2) is 8.48. The van der Waals surface area contributed by atoms with E-state index in [4.69, 9.17) is 4.74 Å². The fraction of sp³-hybridized carbons (Fsp3) is 0.632. The van der Waals surface area contributed by atoms with Crippen LogP contribution in [-0.2, 0) is 14.6 Å². The molecule has 2 aliphatic heterocycles. The lowest BCUT2D eigenvalue weighted by Crippen LogP contribution is -2.52. The maximum Gasteiger partial charge on any atom is 0.236 e. The first kappa shape index (κ1) is 19.9. The molecule has 0 spiro atoms. The number of nitrogens with zero attached hydrogens (tertiary/aromatic N) is 3. The number of methoxy groups -OCH3 is 1. The SMILES string of the molecule is CCN(CC(=O)N1CCN(c2ccc(OC)cc2)CC1)C1CCS(=O)(=O)C1. The van der Waals surface area contributed by atoms with Gasteiger partial charge in [0, 0.05) is 37.9 Å². The van der Waals surface area contributed by atoms with Crippen molar-refractivity contribution in [3.63, 3.8) is 0 Å². The van der Waals surface area contributed by atoms with Gasteiger partial charge in [0.2, 0.25) is 5.91 Å². The van der Waals surface area contributed by atoms with Gasteiger partial charge in [-0.25, -0.2) is 8.42 Å². The number of amides is 1. The average molecular weight is 396 g/mol. The molecule has 1 unspecified atom stereocenters. The Morgan fingerprint density at radius 2 is 1.85 bits per heavy atom. The first-order valence-corrected chi connectivity index (χ1v) is 11.3. The zero-order valence-corrected chi connectivity index (χ0v) is 17.0. The van der Waals surface area contributed by atoms with E-state index in [1.165, 1.54) is 0 Å². The van der Waals surface area contributed by atoms with Gasteiger partial charge < -0.3 is 14.5 Å². The zero-order chi connectivity index (χ0) is 19.4. The molecule has 2 aliphatic rings. The molecule has 0 aromatic heterocycles. The summed E-state index contributed by atoms with van der Waals surface area (Å²) in [5.41, 5.74) is 1.13. The van der Waals surface area contributed by atoms with Gasteiger partial charge in [0.15, 0.2) is 9.84 Å². The number of piperazine rings is 1. The molecule has 1 amide bonds. The lowest BCUT2D eigenvalue weighted by Gasteiger charge is -2.37. The van der Waals surface area contributed by atoms with Crippen LogP contribution >= 0.6 is 0 Å². The van der Waals surface area contributed by atoms with Crippen molar-refractivity contribution in [2.45, 2.75) is 19.4 Å². The van der Waals surface area contributed by atoms with E-state index in [-0.39, 0.29) is 23.5 Å². The van der Waals surface area contributed by atoms with Crippen molar-refractivity contribution in [2.75, 3.05) is 62.8 Å². The van der Waals surface area contributed by atoms with Crippen LogP contribution in [-0.4, -0.2) is 88.1 Å². The molecule has 0 aliphatic carbocycles. The number of anilines is 1. The van der Waals surface area contributed by atoms with Gasteiger partial charge in [0.25, 0.3) is 0 Å². The summed E-state index contributed by atoms with van der Waals surface area (Å²) in [7, 11) is -1.28. The molecule has 2 fully saturated rings. The summed E-state index contributed by atoms with van der Waals surface area (Å²) < 4.78 is 28.6. The van der Waals surface area contributed by atoms with E-state index in [1.54, 1.807) is 7.11 Å². The number of hydrogen-bond acceptors (Lipinski definition) is 6. The molecular weight excluding hydrogens is 366 g/mol. The van der Waals surface area contributed by atoms with Crippen molar-refractivity contribution in [1.82, 2.24) is 9.80 Å². The maximum atomic E-state index is 12.7. The fourth-order valence-corrected chi connectivity index (χ4v) is 5.60. The van der Waals surface area contributed by atoms with Crippen LogP contribution < -0.4 is 9.64 Å². The van der Waals surface area contributed by atoms with Crippen LogP contribution in [0.25, 0.3) is 0 Å². The van der Waals surface area contributed by atoms with Crippen LogP contribution in [0.2, 0.25) is 0 Å². The van der Waals surface area contributed by atoms with E-state index >= 15 is 0 Å². The van der Waals surface area contributed by atoms with E-state index in [2.05, 4.69) is 4.90 Å². The molecule has 0 N–H and O–H groups in total. The summed E-state index contributed by atoms with van der Waals surface area (Å²) in [5, 5.41) is 0. The van der Waals surface area contributed by atoms with Gasteiger partial charge >= 0.3 is 0 Å². The Balaban J connectivity index is 1.51. The molecule has 2 heterocycles. The van der Waals surface area contributed by atoms with Crippen molar-refractivity contribution in [3.05, 3.63) is 24.3 Å². The van der Waals surface area contributed by atoms with Crippen LogP contribution in [0.3, 0.4) is 0 Å². The van der Waals surface area contributed by atoms with Crippen molar-refractivity contribution in [2.24, 2.45) is 0 Å². The molecule has 150 valence electrons. The lowest BCUT2D eigenvalue weighted by atomic mass is 10.2. The molecule has 27 heavy (non-hydrogen) atoms. The maximum absolute atomic E-state index is 12.7. The summed E-state index contributed by atoms with van der Waals surface area (Å²) in [4.78, 5) is 18.9. The number of carbonyl (C=O) groups is 1. The Labute approximate surface area is 161 Å². The summed E-state index contributed by atoms with van der Waals surface area (Å²) >= 11 is 0. The summed E-state index contributed by atoms with van der Waals surface area (Å²) in [6.45, 7) is 5.94. The standard InChI is InChI=1S/C19H29N3O4S/c1-3-20(17-8-13-27(24,25)15-17)14-19(23)22-11-9-21(10-12-22)16-4-6-18(26-2)7-5-16/h4-7,17H,3,8-15H2,1-2H3. The van der Waals surface area contributed by atoms with E-state index < -0.39 is 9.84 Å². The molecule has 8 heteroatoms. The first-order chi connectivity index (χ1) is 12.9. The van der Waals surface area contributed by atoms with E-state index in [0.717, 1.165) is 24.5 Å². The Kier molecular flexibility index (Phi) is 6.26. The highest BCUT2D eigenvalue weighted by Crippen LogP contribution is 2.21. The van der Waals surface area contributed by atoms with Crippen LogP contribution in [0.15, 0.2) is 24.3 Å². The summed E-state index contributed by atoms with van der Waals surface area (Å²) in [6.07, 6.45) is 0.634. The topological polar surface area (TPSA) is 70.2 Å². The lowest BCUT2D eigenvalue weighted by molar-refractivity contribution is -0.133. The molecule has 0 bridgehead atoms. The molecule has 7 nitrogen and oxygen atoms in total. The molecule has 1 aromatic rings. The van der Waals surface area contributed by atoms with Gasteiger partial charge in [0.1, 0.15) is 5.75 Å². The number of rotatable bonds is 6. The third kappa shape index (κ3) is 4.93. The molecular formula is C19H29N3O4S. The minimum absolute atomic E-state index is 0.0236. The number of carbonyl (C=O) groups excluding carboxylic acids is 1. The number of sulfone groups is 1. The second-order valence-corrected chi connectivity index (χ2v) is 9.41.